The van der Waals surface area contributed by atoms with Crippen molar-refractivity contribution in [2.45, 2.75) is 33.2 Å². The SMILES string of the molecule is CCc1nn(Cc2cccc(F)c2F)c(=O)c(C#N)c1CC. The molecule has 0 fully saturated rings. The third-order valence-electron chi connectivity index (χ3n) is 3.49. The molecule has 0 bridgehead atoms. The molecular formula is C16H15F2N3O. The number of benzene rings is 1. The van der Waals surface area contributed by atoms with Crippen molar-refractivity contribution in [2.75, 3.05) is 0 Å². The van der Waals surface area contributed by atoms with Gasteiger partial charge in [-0.05, 0) is 24.5 Å². The maximum atomic E-state index is 13.7. The second kappa shape index (κ2) is 6.48. The van der Waals surface area contributed by atoms with Gasteiger partial charge in [-0.1, -0.05) is 26.0 Å². The lowest BCUT2D eigenvalue weighted by atomic mass is 10.0. The fourth-order valence-electron chi connectivity index (χ4n) is 2.37. The average Bonchev–Trinajstić information content (AvgIpc) is 2.52. The first-order valence-electron chi connectivity index (χ1n) is 6.99. The fourth-order valence-corrected chi connectivity index (χ4v) is 2.37. The van der Waals surface area contributed by atoms with Crippen LogP contribution in [-0.2, 0) is 19.4 Å². The highest BCUT2D eigenvalue weighted by Gasteiger charge is 2.16. The zero-order valence-electron chi connectivity index (χ0n) is 12.4. The number of hydrogen-bond donors (Lipinski definition) is 0. The summed E-state index contributed by atoms with van der Waals surface area (Å²) in [6.07, 6.45) is 1.06. The number of rotatable bonds is 4. The maximum Gasteiger partial charge on any atom is 0.285 e. The summed E-state index contributed by atoms with van der Waals surface area (Å²) in [6.45, 7) is 3.49. The molecule has 0 aliphatic rings. The van der Waals surface area contributed by atoms with Crippen LogP contribution >= 0.6 is 0 Å². The Morgan fingerprint density at radius 1 is 1.27 bits per heavy atom. The molecule has 114 valence electrons. The molecule has 22 heavy (non-hydrogen) atoms. The van der Waals surface area contributed by atoms with Gasteiger partial charge in [-0.25, -0.2) is 13.5 Å². The van der Waals surface area contributed by atoms with Crippen molar-refractivity contribution >= 4 is 0 Å². The Kier molecular flexibility index (Phi) is 4.66. The summed E-state index contributed by atoms with van der Waals surface area (Å²) in [5, 5.41) is 13.4. The van der Waals surface area contributed by atoms with Crippen LogP contribution in [0, 0.1) is 23.0 Å². The minimum atomic E-state index is -1.01. The van der Waals surface area contributed by atoms with Crippen LogP contribution in [0.25, 0.3) is 0 Å². The van der Waals surface area contributed by atoms with E-state index in [1.165, 1.54) is 12.1 Å². The predicted octanol–water partition coefficient (Wildman–Crippen LogP) is 2.57. The fraction of sp³-hybridized carbons (Fsp3) is 0.312. The molecule has 4 nitrogen and oxygen atoms in total. The summed E-state index contributed by atoms with van der Waals surface area (Å²) < 4.78 is 28.0. The summed E-state index contributed by atoms with van der Waals surface area (Å²) in [6, 6.07) is 5.66. The van der Waals surface area contributed by atoms with Crippen molar-refractivity contribution in [2.24, 2.45) is 0 Å². The second-order valence-electron chi connectivity index (χ2n) is 4.79. The van der Waals surface area contributed by atoms with Gasteiger partial charge in [0.15, 0.2) is 11.6 Å². The first-order chi connectivity index (χ1) is 10.5. The van der Waals surface area contributed by atoms with Crippen molar-refractivity contribution in [1.29, 1.82) is 5.26 Å². The van der Waals surface area contributed by atoms with Gasteiger partial charge in [0.2, 0.25) is 0 Å². The van der Waals surface area contributed by atoms with Crippen LogP contribution in [0.15, 0.2) is 23.0 Å². The summed E-state index contributed by atoms with van der Waals surface area (Å²) in [4.78, 5) is 12.3. The van der Waals surface area contributed by atoms with E-state index >= 15 is 0 Å². The van der Waals surface area contributed by atoms with Gasteiger partial charge in [-0.15, -0.1) is 0 Å². The van der Waals surface area contributed by atoms with Crippen LogP contribution < -0.4 is 5.56 Å². The highest BCUT2D eigenvalue weighted by molar-refractivity contribution is 5.38. The van der Waals surface area contributed by atoms with Crippen molar-refractivity contribution in [3.63, 3.8) is 0 Å². The smallest absolute Gasteiger partial charge is 0.266 e. The number of nitrogens with zero attached hydrogens (tertiary/aromatic N) is 3. The van der Waals surface area contributed by atoms with E-state index in [1.807, 2.05) is 19.9 Å². The lowest BCUT2D eigenvalue weighted by Gasteiger charge is -2.12. The van der Waals surface area contributed by atoms with Crippen LogP contribution in [0.2, 0.25) is 0 Å². The Morgan fingerprint density at radius 2 is 2.00 bits per heavy atom. The number of halogens is 2. The molecule has 0 unspecified atom stereocenters. The molecule has 2 aromatic rings. The maximum absolute atomic E-state index is 13.7. The monoisotopic (exact) mass is 303 g/mol. The lowest BCUT2D eigenvalue weighted by molar-refractivity contribution is 0.488. The molecular weight excluding hydrogens is 288 g/mol. The molecule has 0 saturated carbocycles. The van der Waals surface area contributed by atoms with Gasteiger partial charge in [-0.2, -0.15) is 10.4 Å². The van der Waals surface area contributed by atoms with Crippen molar-refractivity contribution in [3.05, 3.63) is 62.6 Å². The minimum Gasteiger partial charge on any atom is -0.266 e. The molecule has 0 aliphatic carbocycles. The number of hydrogen-bond acceptors (Lipinski definition) is 3. The third-order valence-corrected chi connectivity index (χ3v) is 3.49. The molecule has 1 heterocycles. The second-order valence-corrected chi connectivity index (χ2v) is 4.79. The van der Waals surface area contributed by atoms with Gasteiger partial charge in [0.25, 0.3) is 5.56 Å². The van der Waals surface area contributed by atoms with Crippen LogP contribution in [0.4, 0.5) is 8.78 Å². The van der Waals surface area contributed by atoms with E-state index in [0.717, 1.165) is 10.7 Å². The molecule has 0 N–H and O–H groups in total. The Labute approximate surface area is 126 Å². The van der Waals surface area contributed by atoms with Gasteiger partial charge in [0.05, 0.1) is 12.2 Å². The van der Waals surface area contributed by atoms with Gasteiger partial charge in [0.1, 0.15) is 11.6 Å². The van der Waals surface area contributed by atoms with E-state index < -0.39 is 17.2 Å². The average molecular weight is 303 g/mol. The Balaban J connectivity index is 2.60. The Hall–Kier alpha value is -2.55. The molecule has 0 spiro atoms. The van der Waals surface area contributed by atoms with E-state index in [9.17, 15) is 18.8 Å². The molecule has 0 atom stereocenters. The first kappa shape index (κ1) is 15.8. The Morgan fingerprint density at radius 3 is 2.59 bits per heavy atom. The molecule has 1 aromatic carbocycles. The summed E-state index contributed by atoms with van der Waals surface area (Å²) in [5.41, 5.74) is 0.692. The minimum absolute atomic E-state index is 0.0183. The van der Waals surface area contributed by atoms with E-state index in [2.05, 4.69) is 5.10 Å². The number of aromatic nitrogens is 2. The molecule has 0 saturated heterocycles. The molecule has 0 amide bonds. The third kappa shape index (κ3) is 2.75. The van der Waals surface area contributed by atoms with Crippen LogP contribution in [0.5, 0.6) is 0 Å². The lowest BCUT2D eigenvalue weighted by Crippen LogP contribution is -2.29. The van der Waals surface area contributed by atoms with Gasteiger partial charge in [0, 0.05) is 5.56 Å². The molecule has 0 aliphatic heterocycles. The van der Waals surface area contributed by atoms with E-state index in [1.54, 1.807) is 0 Å². The quantitative estimate of drug-likeness (QED) is 0.872. The van der Waals surface area contributed by atoms with E-state index in [-0.39, 0.29) is 17.7 Å². The van der Waals surface area contributed by atoms with E-state index in [0.29, 0.717) is 24.1 Å². The topological polar surface area (TPSA) is 58.7 Å². The molecule has 6 heteroatoms. The van der Waals surface area contributed by atoms with Crippen molar-refractivity contribution < 1.29 is 8.78 Å². The predicted molar refractivity (Wildman–Crippen MR) is 77.4 cm³/mol. The highest BCUT2D eigenvalue weighted by Crippen LogP contribution is 2.14. The first-order valence-corrected chi connectivity index (χ1v) is 6.99. The van der Waals surface area contributed by atoms with Gasteiger partial charge in [-0.3, -0.25) is 4.79 Å². The summed E-state index contributed by atoms with van der Waals surface area (Å²) >= 11 is 0. The van der Waals surface area contributed by atoms with Crippen LogP contribution in [-0.4, -0.2) is 9.78 Å². The standard InChI is InChI=1S/C16H15F2N3O/c1-3-11-12(8-19)16(22)21(20-14(11)4-2)9-10-6-5-7-13(17)15(10)18/h5-7H,3-4,9H2,1-2H3. The highest BCUT2D eigenvalue weighted by atomic mass is 19.2. The molecule has 1 aromatic heterocycles. The molecule has 0 radical (unpaired) electrons. The van der Waals surface area contributed by atoms with Crippen LogP contribution in [0.1, 0.15) is 36.2 Å². The zero-order chi connectivity index (χ0) is 16.3. The van der Waals surface area contributed by atoms with E-state index in [4.69, 9.17) is 0 Å². The number of aryl methyl sites for hydroxylation is 1. The summed E-state index contributed by atoms with van der Waals surface area (Å²) in [7, 11) is 0. The van der Waals surface area contributed by atoms with Crippen LogP contribution in [0.3, 0.4) is 0 Å². The van der Waals surface area contributed by atoms with Crippen molar-refractivity contribution in [3.8, 4) is 6.07 Å². The largest absolute Gasteiger partial charge is 0.285 e. The Bertz CT molecular complexity index is 806. The molecule has 2 rings (SSSR count). The van der Waals surface area contributed by atoms with Crippen molar-refractivity contribution in [1.82, 2.24) is 9.78 Å². The zero-order valence-corrected chi connectivity index (χ0v) is 12.4. The number of nitriles is 1. The normalized spacial score (nSPS) is 10.5. The van der Waals surface area contributed by atoms with Gasteiger partial charge < -0.3 is 0 Å². The summed E-state index contributed by atoms with van der Waals surface area (Å²) in [5.74, 6) is -1.99. The van der Waals surface area contributed by atoms with Gasteiger partial charge >= 0.3 is 0 Å².